The van der Waals surface area contributed by atoms with Gasteiger partial charge in [-0.2, -0.15) is 0 Å². The number of hydrogen-bond donors (Lipinski definition) is 1. The van der Waals surface area contributed by atoms with E-state index in [2.05, 4.69) is 10.3 Å². The molecule has 0 aliphatic heterocycles. The second-order valence-electron chi connectivity index (χ2n) is 4.01. The predicted molar refractivity (Wildman–Crippen MR) is 75.7 cm³/mol. The van der Waals surface area contributed by atoms with Crippen molar-refractivity contribution in [1.82, 2.24) is 14.7 Å². The van der Waals surface area contributed by atoms with Crippen LogP contribution in [0, 0.1) is 0 Å². The number of benzene rings is 1. The van der Waals surface area contributed by atoms with E-state index in [1.54, 1.807) is 22.2 Å². The van der Waals surface area contributed by atoms with E-state index in [-0.39, 0.29) is 5.91 Å². The molecule has 0 fully saturated rings. The van der Waals surface area contributed by atoms with Crippen molar-refractivity contribution in [3.8, 4) is 0 Å². The summed E-state index contributed by atoms with van der Waals surface area (Å²) in [5, 5.41) is 5.37. The molecule has 0 radical (unpaired) electrons. The predicted octanol–water partition coefficient (Wildman–Crippen LogP) is 2.98. The van der Waals surface area contributed by atoms with E-state index in [4.69, 9.17) is 11.6 Å². The van der Waals surface area contributed by atoms with E-state index in [0.717, 1.165) is 10.5 Å². The van der Waals surface area contributed by atoms with Gasteiger partial charge in [0, 0.05) is 29.3 Å². The van der Waals surface area contributed by atoms with E-state index < -0.39 is 0 Å². The Kier molecular flexibility index (Phi) is 3.23. The van der Waals surface area contributed by atoms with Crippen LogP contribution < -0.4 is 5.32 Å². The second kappa shape index (κ2) is 5.03. The van der Waals surface area contributed by atoms with Gasteiger partial charge in [0.15, 0.2) is 4.96 Å². The topological polar surface area (TPSA) is 46.4 Å². The van der Waals surface area contributed by atoms with Crippen molar-refractivity contribution >= 4 is 33.8 Å². The summed E-state index contributed by atoms with van der Waals surface area (Å²) in [7, 11) is 0. The third kappa shape index (κ3) is 2.47. The highest BCUT2D eigenvalue weighted by atomic mass is 35.5. The average Bonchev–Trinajstić information content (AvgIpc) is 3.00. The number of thiazole rings is 1. The number of amides is 1. The Morgan fingerprint density at radius 1 is 1.37 bits per heavy atom. The summed E-state index contributed by atoms with van der Waals surface area (Å²) in [4.78, 5) is 17.0. The van der Waals surface area contributed by atoms with Crippen molar-refractivity contribution < 1.29 is 4.79 Å². The molecule has 0 unspecified atom stereocenters. The minimum absolute atomic E-state index is 0.112. The summed E-state index contributed by atoms with van der Waals surface area (Å²) in [5.74, 6) is -0.112. The van der Waals surface area contributed by atoms with Gasteiger partial charge in [0.05, 0.1) is 0 Å². The molecule has 2 heterocycles. The molecule has 3 aromatic rings. The standard InChI is InChI=1S/C13H10ClN3OS/c14-10-3-1-9(2-4-10)7-16-12(18)11-8-19-13-15-5-6-17(11)13/h1-6,8H,7H2,(H,16,18). The first-order valence-corrected chi connectivity index (χ1v) is 6.93. The molecule has 1 N–H and O–H groups in total. The van der Waals surface area contributed by atoms with Gasteiger partial charge >= 0.3 is 0 Å². The van der Waals surface area contributed by atoms with Crippen molar-refractivity contribution in [1.29, 1.82) is 0 Å². The summed E-state index contributed by atoms with van der Waals surface area (Å²) in [6, 6.07) is 7.40. The number of carbonyl (C=O) groups excluding carboxylic acids is 1. The SMILES string of the molecule is O=C(NCc1ccc(Cl)cc1)c1csc2nccn12. The maximum absolute atomic E-state index is 12.1. The van der Waals surface area contributed by atoms with Crippen LogP contribution in [0.25, 0.3) is 4.96 Å². The molecule has 1 amide bonds. The van der Waals surface area contributed by atoms with Crippen molar-refractivity contribution in [2.45, 2.75) is 6.54 Å². The number of aromatic nitrogens is 2. The fourth-order valence-corrected chi connectivity index (χ4v) is 2.72. The van der Waals surface area contributed by atoms with Gasteiger partial charge in [0.1, 0.15) is 5.69 Å². The summed E-state index contributed by atoms with van der Waals surface area (Å²) >= 11 is 7.26. The Bertz CT molecular complexity index is 717. The summed E-state index contributed by atoms with van der Waals surface area (Å²) in [6.45, 7) is 0.474. The first-order valence-electron chi connectivity index (χ1n) is 5.67. The smallest absolute Gasteiger partial charge is 0.269 e. The average molecular weight is 292 g/mol. The van der Waals surface area contributed by atoms with Crippen LogP contribution in [0.1, 0.15) is 16.1 Å². The van der Waals surface area contributed by atoms with Crippen LogP contribution in [0.4, 0.5) is 0 Å². The molecule has 0 aliphatic rings. The van der Waals surface area contributed by atoms with E-state index in [0.29, 0.717) is 17.3 Å². The lowest BCUT2D eigenvalue weighted by Gasteiger charge is -2.04. The fourth-order valence-electron chi connectivity index (χ4n) is 1.76. The molecule has 0 saturated carbocycles. The number of fused-ring (bicyclic) bond motifs is 1. The highest BCUT2D eigenvalue weighted by molar-refractivity contribution is 7.15. The van der Waals surface area contributed by atoms with Gasteiger partial charge in [-0.25, -0.2) is 4.98 Å². The molecule has 2 aromatic heterocycles. The lowest BCUT2D eigenvalue weighted by atomic mass is 10.2. The third-order valence-electron chi connectivity index (χ3n) is 2.74. The van der Waals surface area contributed by atoms with Gasteiger partial charge in [-0.15, -0.1) is 11.3 Å². The summed E-state index contributed by atoms with van der Waals surface area (Å²) in [6.07, 6.45) is 3.46. The maximum atomic E-state index is 12.1. The highest BCUT2D eigenvalue weighted by Crippen LogP contribution is 2.14. The van der Waals surface area contributed by atoms with E-state index in [9.17, 15) is 4.79 Å². The van der Waals surface area contributed by atoms with E-state index in [1.807, 2.05) is 24.3 Å². The Balaban J connectivity index is 1.72. The third-order valence-corrected chi connectivity index (χ3v) is 3.85. The largest absolute Gasteiger partial charge is 0.347 e. The Labute approximate surface area is 118 Å². The van der Waals surface area contributed by atoms with Crippen molar-refractivity contribution in [3.63, 3.8) is 0 Å². The number of carbonyl (C=O) groups is 1. The van der Waals surface area contributed by atoms with Gasteiger partial charge in [-0.05, 0) is 17.7 Å². The van der Waals surface area contributed by atoms with Crippen LogP contribution in [-0.4, -0.2) is 15.3 Å². The monoisotopic (exact) mass is 291 g/mol. The molecule has 0 spiro atoms. The van der Waals surface area contributed by atoms with Gasteiger partial charge in [0.2, 0.25) is 0 Å². The zero-order valence-corrected chi connectivity index (χ0v) is 11.4. The number of imidazole rings is 1. The molecule has 0 bridgehead atoms. The van der Waals surface area contributed by atoms with Crippen molar-refractivity contribution in [3.05, 3.63) is 58.3 Å². The number of nitrogens with one attached hydrogen (secondary N) is 1. The molecule has 0 atom stereocenters. The molecule has 96 valence electrons. The number of nitrogens with zero attached hydrogens (tertiary/aromatic N) is 2. The number of hydrogen-bond acceptors (Lipinski definition) is 3. The molecule has 1 aromatic carbocycles. The molecule has 0 saturated heterocycles. The molecular formula is C13H10ClN3OS. The molecule has 4 nitrogen and oxygen atoms in total. The van der Waals surface area contributed by atoms with Gasteiger partial charge in [0.25, 0.3) is 5.91 Å². The van der Waals surface area contributed by atoms with E-state index >= 15 is 0 Å². The second-order valence-corrected chi connectivity index (χ2v) is 5.28. The molecule has 3 rings (SSSR count). The molecule has 19 heavy (non-hydrogen) atoms. The van der Waals surface area contributed by atoms with E-state index in [1.165, 1.54) is 11.3 Å². The normalized spacial score (nSPS) is 10.8. The maximum Gasteiger partial charge on any atom is 0.269 e. The lowest BCUT2D eigenvalue weighted by Crippen LogP contribution is -2.23. The first kappa shape index (κ1) is 12.2. The molecule has 6 heteroatoms. The molecule has 0 aliphatic carbocycles. The summed E-state index contributed by atoms with van der Waals surface area (Å²) < 4.78 is 1.78. The van der Waals surface area contributed by atoms with Crippen LogP contribution in [0.2, 0.25) is 5.02 Å². The summed E-state index contributed by atoms with van der Waals surface area (Å²) in [5.41, 5.74) is 1.61. The quantitative estimate of drug-likeness (QED) is 0.806. The van der Waals surface area contributed by atoms with Crippen LogP contribution in [0.5, 0.6) is 0 Å². The van der Waals surface area contributed by atoms with Gasteiger partial charge in [-0.3, -0.25) is 9.20 Å². The van der Waals surface area contributed by atoms with Crippen LogP contribution in [0.3, 0.4) is 0 Å². The van der Waals surface area contributed by atoms with Crippen LogP contribution in [0.15, 0.2) is 42.0 Å². The van der Waals surface area contributed by atoms with Crippen molar-refractivity contribution in [2.75, 3.05) is 0 Å². The Hall–Kier alpha value is -1.85. The highest BCUT2D eigenvalue weighted by Gasteiger charge is 2.11. The van der Waals surface area contributed by atoms with Crippen LogP contribution >= 0.6 is 22.9 Å². The zero-order chi connectivity index (χ0) is 13.2. The molecular weight excluding hydrogens is 282 g/mol. The van der Waals surface area contributed by atoms with Crippen LogP contribution in [-0.2, 0) is 6.54 Å². The van der Waals surface area contributed by atoms with Gasteiger partial charge in [-0.1, -0.05) is 23.7 Å². The van der Waals surface area contributed by atoms with Crippen molar-refractivity contribution in [2.24, 2.45) is 0 Å². The zero-order valence-electron chi connectivity index (χ0n) is 9.84. The Morgan fingerprint density at radius 2 is 2.16 bits per heavy atom. The number of rotatable bonds is 3. The first-order chi connectivity index (χ1) is 9.24. The minimum atomic E-state index is -0.112. The Morgan fingerprint density at radius 3 is 2.95 bits per heavy atom. The minimum Gasteiger partial charge on any atom is -0.347 e. The lowest BCUT2D eigenvalue weighted by molar-refractivity contribution is 0.0945. The number of halogens is 1. The fraction of sp³-hybridized carbons (Fsp3) is 0.0769. The van der Waals surface area contributed by atoms with Gasteiger partial charge < -0.3 is 5.32 Å².